The van der Waals surface area contributed by atoms with Crippen molar-refractivity contribution in [2.45, 2.75) is 0 Å². The van der Waals surface area contributed by atoms with Crippen LogP contribution in [0.5, 0.6) is 0 Å². The van der Waals surface area contributed by atoms with Crippen LogP contribution in [0.25, 0.3) is 22.6 Å². The largest absolute Gasteiger partial charge is 0.436 e. The number of carbonyl (C=O) groups excluding carboxylic acids is 2. The fourth-order valence-electron chi connectivity index (χ4n) is 4.54. The van der Waals surface area contributed by atoms with Crippen molar-refractivity contribution in [1.29, 1.82) is 0 Å². The molecular weight excluding hydrogens is 514 g/mol. The maximum absolute atomic E-state index is 13.4. The molecule has 0 aliphatic heterocycles. The number of nitrogens with one attached hydrogen (secondary N) is 1. The predicted molar refractivity (Wildman–Crippen MR) is 167 cm³/mol. The van der Waals surface area contributed by atoms with Crippen molar-refractivity contribution in [3.8, 4) is 11.5 Å². The summed E-state index contributed by atoms with van der Waals surface area (Å²) in [6.45, 7) is 0. The van der Waals surface area contributed by atoms with Gasteiger partial charge >= 0.3 is 5.91 Å². The summed E-state index contributed by atoms with van der Waals surface area (Å²) in [6.07, 6.45) is 0. The fourth-order valence-corrected chi connectivity index (χ4v) is 4.54. The fraction of sp³-hybridized carbons (Fsp3) is 0.182. The molecule has 0 radical (unpaired) electrons. The standard InChI is InChI=1S/C33H33N5O3/c1-36(2)26-15-9-22(10-16-26)31(39)34-25-13-7-23(8-14-25)32-35-29-21-28(19-20-30(29)41-32)38(5,6)33(40)24-11-17-27(18-12-24)37(3)4/h7-21H,1-6H3/p+1. The van der Waals surface area contributed by atoms with Crippen LogP contribution >= 0.6 is 0 Å². The topological polar surface area (TPSA) is 78.7 Å². The highest BCUT2D eigenvalue weighted by atomic mass is 16.3. The molecule has 5 aromatic rings. The van der Waals surface area contributed by atoms with Gasteiger partial charge in [-0.3, -0.25) is 4.79 Å². The van der Waals surface area contributed by atoms with Crippen LogP contribution in [0, 0.1) is 0 Å². The first-order chi connectivity index (χ1) is 19.5. The number of carbonyl (C=O) groups is 2. The van der Waals surface area contributed by atoms with Gasteiger partial charge in [-0.25, -0.2) is 14.3 Å². The summed E-state index contributed by atoms with van der Waals surface area (Å²) in [5.74, 6) is 0.260. The zero-order valence-electron chi connectivity index (χ0n) is 24.2. The maximum atomic E-state index is 13.4. The molecule has 4 aromatic carbocycles. The molecule has 0 aliphatic carbocycles. The number of benzene rings is 4. The van der Waals surface area contributed by atoms with Crippen molar-refractivity contribution in [2.75, 3.05) is 57.4 Å². The Balaban J connectivity index is 1.32. The van der Waals surface area contributed by atoms with Crippen LogP contribution in [0.1, 0.15) is 20.7 Å². The number of amides is 2. The Kier molecular flexibility index (Phi) is 7.34. The monoisotopic (exact) mass is 548 g/mol. The van der Waals surface area contributed by atoms with Crippen molar-refractivity contribution in [1.82, 2.24) is 9.47 Å². The molecule has 2 amide bonds. The van der Waals surface area contributed by atoms with Gasteiger partial charge in [0.2, 0.25) is 5.89 Å². The second-order valence-corrected chi connectivity index (χ2v) is 10.8. The summed E-state index contributed by atoms with van der Waals surface area (Å²) in [7, 11) is 11.6. The van der Waals surface area contributed by atoms with E-state index in [9.17, 15) is 9.59 Å². The molecule has 0 fully saturated rings. The van der Waals surface area contributed by atoms with E-state index in [4.69, 9.17) is 9.40 Å². The Hall–Kier alpha value is -4.95. The van der Waals surface area contributed by atoms with E-state index in [2.05, 4.69) is 5.32 Å². The van der Waals surface area contributed by atoms with E-state index in [1.807, 2.05) is 131 Å². The second kappa shape index (κ2) is 10.9. The molecule has 1 aromatic heterocycles. The minimum absolute atomic E-state index is 0.0235. The maximum Gasteiger partial charge on any atom is 0.350 e. The Bertz CT molecular complexity index is 1700. The van der Waals surface area contributed by atoms with Gasteiger partial charge in [-0.1, -0.05) is 0 Å². The molecule has 1 N–H and O–H groups in total. The van der Waals surface area contributed by atoms with E-state index < -0.39 is 0 Å². The van der Waals surface area contributed by atoms with Crippen molar-refractivity contribution in [2.24, 2.45) is 0 Å². The van der Waals surface area contributed by atoms with E-state index in [0.29, 0.717) is 33.8 Å². The minimum atomic E-state index is -0.179. The lowest BCUT2D eigenvalue weighted by molar-refractivity contribution is 0.0831. The third-order valence-electron chi connectivity index (χ3n) is 7.19. The molecule has 0 saturated carbocycles. The van der Waals surface area contributed by atoms with Crippen LogP contribution in [0.4, 0.5) is 22.7 Å². The smallest absolute Gasteiger partial charge is 0.350 e. The molecular formula is C33H34N5O3+. The molecule has 0 bridgehead atoms. The van der Waals surface area contributed by atoms with Crippen molar-refractivity contribution in [3.05, 3.63) is 102 Å². The Morgan fingerprint density at radius 3 is 1.85 bits per heavy atom. The lowest BCUT2D eigenvalue weighted by Gasteiger charge is -2.26. The van der Waals surface area contributed by atoms with E-state index in [-0.39, 0.29) is 16.3 Å². The molecule has 8 nitrogen and oxygen atoms in total. The third kappa shape index (κ3) is 5.69. The van der Waals surface area contributed by atoms with Gasteiger partial charge in [-0.05, 0) is 78.9 Å². The van der Waals surface area contributed by atoms with Gasteiger partial charge in [-0.2, -0.15) is 0 Å². The molecule has 41 heavy (non-hydrogen) atoms. The number of hydrogen-bond acceptors (Lipinski definition) is 6. The summed E-state index contributed by atoms with van der Waals surface area (Å²) in [4.78, 5) is 34.8. The average molecular weight is 549 g/mol. The third-order valence-corrected chi connectivity index (χ3v) is 7.19. The summed E-state index contributed by atoms with van der Waals surface area (Å²) in [6, 6.07) is 28.0. The predicted octanol–water partition coefficient (Wildman–Crippen LogP) is 6.29. The average Bonchev–Trinajstić information content (AvgIpc) is 3.41. The number of rotatable bonds is 7. The van der Waals surface area contributed by atoms with Crippen LogP contribution in [0.2, 0.25) is 0 Å². The normalized spacial score (nSPS) is 11.4. The van der Waals surface area contributed by atoms with Gasteiger partial charge in [0.05, 0.1) is 19.7 Å². The SMILES string of the molecule is CN(C)c1ccc(C(=O)Nc2ccc(-c3nc4cc([N+](C)(C)C(=O)c5ccc(N(C)C)cc5)ccc4o3)cc2)cc1. The Morgan fingerprint density at radius 2 is 1.29 bits per heavy atom. The summed E-state index contributed by atoms with van der Waals surface area (Å²) in [5.41, 5.74) is 6.83. The van der Waals surface area contributed by atoms with E-state index in [1.165, 1.54) is 0 Å². The van der Waals surface area contributed by atoms with Crippen LogP contribution < -0.4 is 19.6 Å². The van der Waals surface area contributed by atoms with Gasteiger partial charge in [-0.15, -0.1) is 0 Å². The number of anilines is 3. The summed E-state index contributed by atoms with van der Waals surface area (Å²) in [5, 5.41) is 2.93. The molecule has 0 saturated heterocycles. The molecule has 1 heterocycles. The first-order valence-electron chi connectivity index (χ1n) is 13.3. The molecule has 8 heteroatoms. The molecule has 0 atom stereocenters. The Morgan fingerprint density at radius 1 is 0.732 bits per heavy atom. The van der Waals surface area contributed by atoms with E-state index >= 15 is 0 Å². The second-order valence-electron chi connectivity index (χ2n) is 10.8. The number of aromatic nitrogens is 1. The van der Waals surface area contributed by atoms with Gasteiger partial charge in [0.25, 0.3) is 5.91 Å². The van der Waals surface area contributed by atoms with Gasteiger partial charge in [0.15, 0.2) is 5.58 Å². The van der Waals surface area contributed by atoms with Crippen molar-refractivity contribution >= 4 is 45.7 Å². The molecule has 0 spiro atoms. The van der Waals surface area contributed by atoms with Crippen LogP contribution in [-0.4, -0.2) is 59.1 Å². The van der Waals surface area contributed by atoms with Crippen LogP contribution in [0.15, 0.2) is 95.4 Å². The molecule has 208 valence electrons. The number of oxazole rings is 1. The lowest BCUT2D eigenvalue weighted by atomic mass is 10.1. The zero-order valence-corrected chi connectivity index (χ0v) is 24.2. The molecule has 0 unspecified atom stereocenters. The van der Waals surface area contributed by atoms with E-state index in [0.717, 1.165) is 22.6 Å². The highest BCUT2D eigenvalue weighted by Crippen LogP contribution is 2.31. The minimum Gasteiger partial charge on any atom is -0.436 e. The number of hydrogen-bond donors (Lipinski definition) is 1. The first kappa shape index (κ1) is 27.6. The highest BCUT2D eigenvalue weighted by molar-refractivity contribution is 6.04. The van der Waals surface area contributed by atoms with Crippen LogP contribution in [-0.2, 0) is 0 Å². The van der Waals surface area contributed by atoms with E-state index in [1.54, 1.807) is 12.1 Å². The van der Waals surface area contributed by atoms with Gasteiger partial charge in [0.1, 0.15) is 11.2 Å². The van der Waals surface area contributed by atoms with Gasteiger partial charge in [0, 0.05) is 68.5 Å². The lowest BCUT2D eigenvalue weighted by Crippen LogP contribution is -2.46. The van der Waals surface area contributed by atoms with Crippen molar-refractivity contribution < 1.29 is 14.0 Å². The highest BCUT2D eigenvalue weighted by Gasteiger charge is 2.31. The van der Waals surface area contributed by atoms with Crippen LogP contribution in [0.3, 0.4) is 0 Å². The zero-order chi connectivity index (χ0) is 29.3. The first-order valence-corrected chi connectivity index (χ1v) is 13.3. The number of fused-ring (bicyclic) bond motifs is 1. The number of nitrogens with zero attached hydrogens (tertiary/aromatic N) is 4. The molecule has 5 rings (SSSR count). The van der Waals surface area contributed by atoms with Gasteiger partial charge < -0.3 is 19.5 Å². The summed E-state index contributed by atoms with van der Waals surface area (Å²) < 4.78 is 6.06. The summed E-state index contributed by atoms with van der Waals surface area (Å²) >= 11 is 0. The Labute approximate surface area is 240 Å². The molecule has 0 aliphatic rings. The number of quaternary nitrogens is 1. The quantitative estimate of drug-likeness (QED) is 0.241. The van der Waals surface area contributed by atoms with Crippen molar-refractivity contribution in [3.63, 3.8) is 0 Å².